The van der Waals surface area contributed by atoms with Crippen molar-refractivity contribution in [1.82, 2.24) is 5.32 Å². The molecule has 0 amide bonds. The maximum Gasteiger partial charge on any atom is 0.124 e. The molecule has 0 saturated heterocycles. The molecule has 0 saturated carbocycles. The molecule has 3 nitrogen and oxygen atoms in total. The Morgan fingerprint density at radius 3 is 2.61 bits per heavy atom. The Kier molecular flexibility index (Phi) is 5.11. The summed E-state index contributed by atoms with van der Waals surface area (Å²) in [6, 6.07) is 4.41. The van der Waals surface area contributed by atoms with E-state index in [1.165, 1.54) is 12.1 Å². The van der Waals surface area contributed by atoms with Crippen LogP contribution in [0.4, 0.5) is 4.39 Å². The minimum Gasteiger partial charge on any atom is -0.491 e. The number of ether oxygens (including phenoxy) is 1. The summed E-state index contributed by atoms with van der Waals surface area (Å²) in [5.41, 5.74) is 0.707. The van der Waals surface area contributed by atoms with Crippen LogP contribution in [0.25, 0.3) is 0 Å². The Morgan fingerprint density at radius 2 is 2.06 bits per heavy atom. The highest BCUT2D eigenvalue weighted by atomic mass is 19.1. The Balaban J connectivity index is 2.76. The van der Waals surface area contributed by atoms with E-state index >= 15 is 0 Å². The molecule has 0 aliphatic carbocycles. The third kappa shape index (κ3) is 5.47. The molecule has 0 aromatic heterocycles. The summed E-state index contributed by atoms with van der Waals surface area (Å²) in [5, 5.41) is 12.5. The van der Waals surface area contributed by atoms with Gasteiger partial charge in [-0.05, 0) is 45.9 Å². The monoisotopic (exact) mass is 255 g/mol. The third-order valence-electron chi connectivity index (χ3n) is 2.31. The first-order valence-electron chi connectivity index (χ1n) is 6.12. The van der Waals surface area contributed by atoms with Crippen molar-refractivity contribution in [2.45, 2.75) is 45.9 Å². The van der Waals surface area contributed by atoms with Crippen LogP contribution in [0.2, 0.25) is 0 Å². The van der Waals surface area contributed by atoms with E-state index in [-0.39, 0.29) is 18.0 Å². The number of aliphatic hydroxyl groups is 1. The molecule has 1 aromatic rings. The van der Waals surface area contributed by atoms with Gasteiger partial charge in [0.25, 0.3) is 0 Å². The highest BCUT2D eigenvalue weighted by Crippen LogP contribution is 2.20. The standard InChI is InChI=1S/C14H22FNO2/c1-10(17)9-18-13-6-5-12(15)7-11(13)8-16-14(2,3)4/h5-7,10,16-17H,8-9H2,1-4H3. The Hall–Kier alpha value is -1.13. The molecule has 1 atom stereocenters. The van der Waals surface area contributed by atoms with Crippen LogP contribution < -0.4 is 10.1 Å². The van der Waals surface area contributed by atoms with Crippen LogP contribution in [-0.2, 0) is 6.54 Å². The van der Waals surface area contributed by atoms with E-state index in [9.17, 15) is 9.50 Å². The van der Waals surface area contributed by atoms with Crippen molar-refractivity contribution in [2.24, 2.45) is 0 Å². The van der Waals surface area contributed by atoms with Crippen molar-refractivity contribution in [3.8, 4) is 5.75 Å². The van der Waals surface area contributed by atoms with Crippen LogP contribution >= 0.6 is 0 Å². The summed E-state index contributed by atoms with van der Waals surface area (Å²) in [4.78, 5) is 0. The number of nitrogens with one attached hydrogen (secondary N) is 1. The zero-order valence-corrected chi connectivity index (χ0v) is 11.5. The van der Waals surface area contributed by atoms with Crippen LogP contribution in [0.3, 0.4) is 0 Å². The van der Waals surface area contributed by atoms with Crippen molar-refractivity contribution in [1.29, 1.82) is 0 Å². The fraction of sp³-hybridized carbons (Fsp3) is 0.571. The number of benzene rings is 1. The van der Waals surface area contributed by atoms with Gasteiger partial charge in [0.15, 0.2) is 0 Å². The lowest BCUT2D eigenvalue weighted by Crippen LogP contribution is -2.35. The summed E-state index contributed by atoms with van der Waals surface area (Å²) in [7, 11) is 0. The van der Waals surface area contributed by atoms with Crippen molar-refractivity contribution in [3.63, 3.8) is 0 Å². The molecule has 4 heteroatoms. The topological polar surface area (TPSA) is 41.5 Å². The summed E-state index contributed by atoms with van der Waals surface area (Å²) >= 11 is 0. The largest absolute Gasteiger partial charge is 0.491 e. The normalized spacial score (nSPS) is 13.4. The third-order valence-corrected chi connectivity index (χ3v) is 2.31. The van der Waals surface area contributed by atoms with Gasteiger partial charge in [-0.25, -0.2) is 4.39 Å². The minimum atomic E-state index is -0.543. The van der Waals surface area contributed by atoms with Crippen LogP contribution in [0.5, 0.6) is 5.75 Å². The van der Waals surface area contributed by atoms with Gasteiger partial charge in [-0.15, -0.1) is 0 Å². The van der Waals surface area contributed by atoms with Crippen LogP contribution in [0.15, 0.2) is 18.2 Å². The maximum absolute atomic E-state index is 13.2. The van der Waals surface area contributed by atoms with E-state index in [4.69, 9.17) is 4.74 Å². The molecular weight excluding hydrogens is 233 g/mol. The number of hydrogen-bond acceptors (Lipinski definition) is 3. The molecule has 0 bridgehead atoms. The lowest BCUT2D eigenvalue weighted by molar-refractivity contribution is 0.122. The number of aliphatic hydroxyl groups excluding tert-OH is 1. The molecule has 102 valence electrons. The lowest BCUT2D eigenvalue weighted by atomic mass is 10.1. The fourth-order valence-corrected chi connectivity index (χ4v) is 1.40. The van der Waals surface area contributed by atoms with Crippen LogP contribution in [-0.4, -0.2) is 23.4 Å². The van der Waals surface area contributed by atoms with Crippen molar-refractivity contribution in [3.05, 3.63) is 29.6 Å². The van der Waals surface area contributed by atoms with Gasteiger partial charge >= 0.3 is 0 Å². The van der Waals surface area contributed by atoms with Gasteiger partial charge in [-0.3, -0.25) is 0 Å². The quantitative estimate of drug-likeness (QED) is 0.849. The minimum absolute atomic E-state index is 0.0478. The second kappa shape index (κ2) is 6.16. The number of halogens is 1. The lowest BCUT2D eigenvalue weighted by Gasteiger charge is -2.22. The van der Waals surface area contributed by atoms with Gasteiger partial charge in [0.05, 0.1) is 6.10 Å². The SMILES string of the molecule is CC(O)COc1ccc(F)cc1CNC(C)(C)C. The summed E-state index contributed by atoms with van der Waals surface area (Å²) in [6.07, 6.45) is -0.543. The van der Waals surface area contributed by atoms with Crippen LogP contribution in [0.1, 0.15) is 33.3 Å². The molecule has 18 heavy (non-hydrogen) atoms. The van der Waals surface area contributed by atoms with Gasteiger partial charge in [0.1, 0.15) is 18.2 Å². The van der Waals surface area contributed by atoms with E-state index in [0.717, 1.165) is 5.56 Å². The van der Waals surface area contributed by atoms with Crippen molar-refractivity contribution >= 4 is 0 Å². The van der Waals surface area contributed by atoms with E-state index in [2.05, 4.69) is 5.32 Å². The Labute approximate surface area is 108 Å². The van der Waals surface area contributed by atoms with E-state index in [1.807, 2.05) is 20.8 Å². The van der Waals surface area contributed by atoms with Gasteiger partial charge in [-0.1, -0.05) is 0 Å². The predicted molar refractivity (Wildman–Crippen MR) is 70.2 cm³/mol. The van der Waals surface area contributed by atoms with Gasteiger partial charge in [0.2, 0.25) is 0 Å². The maximum atomic E-state index is 13.2. The second-order valence-electron chi connectivity index (χ2n) is 5.52. The predicted octanol–water partition coefficient (Wildman–Crippen LogP) is 2.47. The first kappa shape index (κ1) is 14.9. The summed E-state index contributed by atoms with van der Waals surface area (Å²) in [5.74, 6) is 0.319. The molecule has 0 spiro atoms. The highest BCUT2D eigenvalue weighted by Gasteiger charge is 2.12. The highest BCUT2D eigenvalue weighted by molar-refractivity contribution is 5.34. The molecule has 1 rings (SSSR count). The van der Waals surface area contributed by atoms with Gasteiger partial charge < -0.3 is 15.2 Å². The zero-order valence-electron chi connectivity index (χ0n) is 11.5. The van der Waals surface area contributed by atoms with Crippen molar-refractivity contribution in [2.75, 3.05) is 6.61 Å². The van der Waals surface area contributed by atoms with E-state index < -0.39 is 6.10 Å². The second-order valence-corrected chi connectivity index (χ2v) is 5.52. The molecule has 0 aliphatic rings. The first-order chi connectivity index (χ1) is 8.28. The van der Waals surface area contributed by atoms with E-state index in [1.54, 1.807) is 13.0 Å². The molecule has 0 fully saturated rings. The molecule has 0 radical (unpaired) electrons. The molecule has 0 heterocycles. The molecule has 1 aromatic carbocycles. The summed E-state index contributed by atoms with van der Waals surface area (Å²) < 4.78 is 18.7. The molecular formula is C14H22FNO2. The summed E-state index contributed by atoms with van der Waals surface area (Å²) in [6.45, 7) is 8.51. The number of hydrogen-bond donors (Lipinski definition) is 2. The molecule has 1 unspecified atom stereocenters. The fourth-order valence-electron chi connectivity index (χ4n) is 1.40. The van der Waals surface area contributed by atoms with Gasteiger partial charge in [0, 0.05) is 17.6 Å². The smallest absolute Gasteiger partial charge is 0.124 e. The van der Waals surface area contributed by atoms with Crippen molar-refractivity contribution < 1.29 is 14.2 Å². The Bertz CT molecular complexity index is 386. The first-order valence-corrected chi connectivity index (χ1v) is 6.12. The molecule has 2 N–H and O–H groups in total. The van der Waals surface area contributed by atoms with Gasteiger partial charge in [-0.2, -0.15) is 0 Å². The zero-order chi connectivity index (χ0) is 13.8. The number of rotatable bonds is 5. The van der Waals surface area contributed by atoms with Crippen LogP contribution in [0, 0.1) is 5.82 Å². The van der Waals surface area contributed by atoms with E-state index in [0.29, 0.717) is 12.3 Å². The Morgan fingerprint density at radius 1 is 1.39 bits per heavy atom. The average molecular weight is 255 g/mol. The average Bonchev–Trinajstić information content (AvgIpc) is 2.23. The molecule has 0 aliphatic heterocycles.